The maximum absolute atomic E-state index is 6.19. The number of para-hydroxylation sites is 1. The van der Waals surface area contributed by atoms with Gasteiger partial charge in [0, 0.05) is 21.9 Å². The van der Waals surface area contributed by atoms with Crippen molar-refractivity contribution >= 4 is 44.1 Å². The quantitative estimate of drug-likeness (QED) is 0.715. The number of nitrogens with zero attached hydrogens (tertiary/aromatic N) is 2. The lowest BCUT2D eigenvalue weighted by Crippen LogP contribution is -2.02. The van der Waals surface area contributed by atoms with E-state index in [4.69, 9.17) is 11.6 Å². The Bertz CT molecular complexity index is 811. The molecule has 5 heteroatoms. The van der Waals surface area contributed by atoms with Gasteiger partial charge in [-0.3, -0.25) is 4.68 Å². The molecule has 3 aromatic rings. The number of hydrogen-bond acceptors (Lipinski definition) is 2. The maximum atomic E-state index is 6.19. The Hall–Kier alpha value is -1.52. The van der Waals surface area contributed by atoms with Crippen LogP contribution in [0.1, 0.15) is 11.3 Å². The number of halogens is 2. The topological polar surface area (TPSA) is 29.9 Å². The van der Waals surface area contributed by atoms with E-state index >= 15 is 0 Å². The van der Waals surface area contributed by atoms with Crippen LogP contribution >= 0.6 is 27.5 Å². The first-order chi connectivity index (χ1) is 10.1. The first-order valence-electron chi connectivity index (χ1n) is 6.66. The first-order valence-corrected chi connectivity index (χ1v) is 7.83. The molecule has 0 fully saturated rings. The Morgan fingerprint density at radius 2 is 2.05 bits per heavy atom. The number of fused-ring (bicyclic) bond motifs is 1. The zero-order chi connectivity index (χ0) is 15.0. The van der Waals surface area contributed by atoms with Crippen molar-refractivity contribution in [2.24, 2.45) is 7.05 Å². The van der Waals surface area contributed by atoms with Crippen molar-refractivity contribution < 1.29 is 0 Å². The summed E-state index contributed by atoms with van der Waals surface area (Å²) in [6.07, 6.45) is 0. The van der Waals surface area contributed by atoms with Gasteiger partial charge in [-0.05, 0) is 46.6 Å². The van der Waals surface area contributed by atoms with Crippen LogP contribution in [0, 0.1) is 6.92 Å². The van der Waals surface area contributed by atoms with Gasteiger partial charge in [0.15, 0.2) is 0 Å². The summed E-state index contributed by atoms with van der Waals surface area (Å²) in [5.41, 5.74) is 4.18. The van der Waals surface area contributed by atoms with E-state index in [-0.39, 0.29) is 0 Å². The van der Waals surface area contributed by atoms with Crippen LogP contribution in [-0.2, 0) is 13.6 Å². The lowest BCUT2D eigenvalue weighted by Gasteiger charge is -2.09. The van der Waals surface area contributed by atoms with Crippen molar-refractivity contribution in [3.63, 3.8) is 0 Å². The second-order valence-electron chi connectivity index (χ2n) is 5.02. The molecule has 3 nitrogen and oxygen atoms in total. The summed E-state index contributed by atoms with van der Waals surface area (Å²) in [5.74, 6) is 0. The normalized spacial score (nSPS) is 11.0. The second kappa shape index (κ2) is 5.70. The average Bonchev–Trinajstić information content (AvgIpc) is 2.79. The molecule has 0 aliphatic heterocycles. The van der Waals surface area contributed by atoms with Crippen LogP contribution in [0.5, 0.6) is 0 Å². The van der Waals surface area contributed by atoms with E-state index in [1.165, 1.54) is 5.39 Å². The number of nitrogens with one attached hydrogen (secondary N) is 1. The highest BCUT2D eigenvalue weighted by Gasteiger charge is 2.09. The molecular weight excluding hydrogens is 350 g/mol. The molecule has 108 valence electrons. The van der Waals surface area contributed by atoms with Crippen molar-refractivity contribution in [3.8, 4) is 0 Å². The van der Waals surface area contributed by atoms with Gasteiger partial charge in [0.1, 0.15) is 0 Å². The third-order valence-electron chi connectivity index (χ3n) is 3.53. The van der Waals surface area contributed by atoms with Gasteiger partial charge in [0.05, 0.1) is 23.4 Å². The minimum absolute atomic E-state index is 0.652. The molecule has 3 rings (SSSR count). The fourth-order valence-corrected chi connectivity index (χ4v) is 3.14. The van der Waals surface area contributed by atoms with Crippen molar-refractivity contribution in [2.75, 3.05) is 5.32 Å². The number of benzene rings is 2. The molecule has 1 aromatic heterocycles. The molecule has 0 aliphatic rings. The van der Waals surface area contributed by atoms with Gasteiger partial charge in [-0.15, -0.1) is 0 Å². The molecule has 0 aliphatic carbocycles. The molecule has 0 bridgehead atoms. The molecular formula is C16H15BrClN3. The van der Waals surface area contributed by atoms with E-state index in [1.807, 2.05) is 42.9 Å². The molecule has 0 spiro atoms. The standard InChI is InChI=1S/C16H15BrClN3/c1-10-7-12(17)14(8-13(10)18)19-9-15-11-5-3-4-6-16(11)21(2)20-15/h3-8,19H,9H2,1-2H3. The average molecular weight is 365 g/mol. The Balaban J connectivity index is 1.89. The molecule has 0 amide bonds. The minimum Gasteiger partial charge on any atom is -0.378 e. The van der Waals surface area contributed by atoms with Crippen molar-refractivity contribution in [2.45, 2.75) is 13.5 Å². The van der Waals surface area contributed by atoms with Crippen LogP contribution in [0.3, 0.4) is 0 Å². The Morgan fingerprint density at radius 1 is 1.29 bits per heavy atom. The van der Waals surface area contributed by atoms with Crippen molar-refractivity contribution in [3.05, 3.63) is 57.2 Å². The van der Waals surface area contributed by atoms with E-state index in [0.717, 1.165) is 32.0 Å². The van der Waals surface area contributed by atoms with Crippen LogP contribution in [0.15, 0.2) is 40.9 Å². The smallest absolute Gasteiger partial charge is 0.0894 e. The van der Waals surface area contributed by atoms with Gasteiger partial charge in [0.25, 0.3) is 0 Å². The fourth-order valence-electron chi connectivity index (χ4n) is 2.38. The second-order valence-corrected chi connectivity index (χ2v) is 6.28. The Labute approximate surface area is 137 Å². The van der Waals surface area contributed by atoms with Crippen LogP contribution in [0.4, 0.5) is 5.69 Å². The zero-order valence-electron chi connectivity index (χ0n) is 11.8. The lowest BCUT2D eigenvalue weighted by atomic mass is 10.2. The monoisotopic (exact) mass is 363 g/mol. The fraction of sp³-hybridized carbons (Fsp3) is 0.188. The summed E-state index contributed by atoms with van der Waals surface area (Å²) < 4.78 is 2.91. The highest BCUT2D eigenvalue weighted by molar-refractivity contribution is 9.10. The van der Waals surface area contributed by atoms with Crippen molar-refractivity contribution in [1.82, 2.24) is 9.78 Å². The highest BCUT2D eigenvalue weighted by atomic mass is 79.9. The predicted molar refractivity (Wildman–Crippen MR) is 91.9 cm³/mol. The van der Waals surface area contributed by atoms with E-state index in [9.17, 15) is 0 Å². The molecule has 0 atom stereocenters. The number of aryl methyl sites for hydroxylation is 2. The molecule has 2 aromatic carbocycles. The SMILES string of the molecule is Cc1cc(Br)c(NCc2nn(C)c3ccccc23)cc1Cl. The Morgan fingerprint density at radius 3 is 2.86 bits per heavy atom. The molecule has 1 N–H and O–H groups in total. The van der Waals surface area contributed by atoms with E-state index in [1.54, 1.807) is 0 Å². The predicted octanol–water partition coefficient (Wildman–Crippen LogP) is 4.91. The van der Waals surface area contributed by atoms with E-state index in [0.29, 0.717) is 6.54 Å². The molecule has 1 heterocycles. The first kappa shape index (κ1) is 14.4. The van der Waals surface area contributed by atoms with Crippen LogP contribution in [0.2, 0.25) is 5.02 Å². The molecule has 0 radical (unpaired) electrons. The molecule has 21 heavy (non-hydrogen) atoms. The summed E-state index contributed by atoms with van der Waals surface area (Å²) >= 11 is 9.75. The third kappa shape index (κ3) is 2.78. The number of anilines is 1. The summed E-state index contributed by atoms with van der Waals surface area (Å²) in [6.45, 7) is 2.64. The summed E-state index contributed by atoms with van der Waals surface area (Å²) in [5, 5.41) is 9.90. The number of hydrogen-bond donors (Lipinski definition) is 1. The molecule has 0 unspecified atom stereocenters. The van der Waals surface area contributed by atoms with Crippen LogP contribution in [-0.4, -0.2) is 9.78 Å². The highest BCUT2D eigenvalue weighted by Crippen LogP contribution is 2.30. The third-order valence-corrected chi connectivity index (χ3v) is 4.59. The number of rotatable bonds is 3. The van der Waals surface area contributed by atoms with Gasteiger partial charge in [-0.1, -0.05) is 29.8 Å². The van der Waals surface area contributed by atoms with Crippen LogP contribution in [0.25, 0.3) is 10.9 Å². The summed E-state index contributed by atoms with van der Waals surface area (Å²) in [6, 6.07) is 12.2. The summed E-state index contributed by atoms with van der Waals surface area (Å²) in [7, 11) is 1.96. The van der Waals surface area contributed by atoms with Gasteiger partial charge in [-0.25, -0.2) is 0 Å². The Kier molecular flexibility index (Phi) is 3.91. The maximum Gasteiger partial charge on any atom is 0.0894 e. The molecule has 0 saturated carbocycles. The zero-order valence-corrected chi connectivity index (χ0v) is 14.2. The molecule has 0 saturated heterocycles. The lowest BCUT2D eigenvalue weighted by molar-refractivity contribution is 0.771. The van der Waals surface area contributed by atoms with Crippen molar-refractivity contribution in [1.29, 1.82) is 0 Å². The van der Waals surface area contributed by atoms with Crippen LogP contribution < -0.4 is 5.32 Å². The minimum atomic E-state index is 0.652. The van der Waals surface area contributed by atoms with Gasteiger partial charge < -0.3 is 5.32 Å². The van der Waals surface area contributed by atoms with E-state index in [2.05, 4.69) is 38.5 Å². The van der Waals surface area contributed by atoms with Gasteiger partial charge in [-0.2, -0.15) is 5.10 Å². The van der Waals surface area contributed by atoms with E-state index < -0.39 is 0 Å². The summed E-state index contributed by atoms with van der Waals surface area (Å²) in [4.78, 5) is 0. The van der Waals surface area contributed by atoms with Gasteiger partial charge in [0.2, 0.25) is 0 Å². The number of aromatic nitrogens is 2. The largest absolute Gasteiger partial charge is 0.378 e. The van der Waals surface area contributed by atoms with Gasteiger partial charge >= 0.3 is 0 Å².